The monoisotopic (exact) mass is 306 g/mol. The molecule has 2 N–H and O–H groups in total. The predicted molar refractivity (Wildman–Crippen MR) is 84.1 cm³/mol. The van der Waals surface area contributed by atoms with E-state index < -0.39 is 0 Å². The number of rotatable bonds is 0. The molecular weight excluding hydrogens is 276 g/mol. The zero-order valence-corrected chi connectivity index (χ0v) is 13.9. The van der Waals surface area contributed by atoms with E-state index in [1.807, 2.05) is 0 Å². The number of hydrogen-bond donors (Lipinski definition) is 2. The number of fused-ring (bicyclic) bond motifs is 5. The van der Waals surface area contributed by atoms with Crippen molar-refractivity contribution in [3.8, 4) is 0 Å². The molecule has 0 aliphatic heterocycles. The lowest BCUT2D eigenvalue weighted by Crippen LogP contribution is -2.61. The van der Waals surface area contributed by atoms with Crippen LogP contribution in [0.1, 0.15) is 65.2 Å². The molecule has 0 aromatic carbocycles. The third-order valence-electron chi connectivity index (χ3n) is 8.20. The van der Waals surface area contributed by atoms with E-state index in [2.05, 4.69) is 13.8 Å². The van der Waals surface area contributed by atoms with E-state index in [1.54, 1.807) is 0 Å². The summed E-state index contributed by atoms with van der Waals surface area (Å²) >= 11 is 0. The molecule has 0 aromatic heterocycles. The number of ketones is 1. The van der Waals surface area contributed by atoms with Gasteiger partial charge in [0, 0.05) is 12.8 Å². The van der Waals surface area contributed by atoms with Crippen molar-refractivity contribution in [2.45, 2.75) is 77.4 Å². The standard InChI is InChI=1S/C19H30O3/c1-18-6-3-4-13(18)12-9-15(21)14-8-11(20)5-7-19(14,2)17(12)16(22)10-18/h12-17,21-22H,3-10H2,1-2H3/t12-,13-,14+,15+,16+,17+,18-,19-/m0/s1. The zero-order chi connectivity index (χ0) is 15.7. The van der Waals surface area contributed by atoms with Crippen LogP contribution in [0.3, 0.4) is 0 Å². The Kier molecular flexibility index (Phi) is 3.30. The second-order valence-electron chi connectivity index (χ2n) is 9.27. The molecule has 3 heteroatoms. The molecule has 22 heavy (non-hydrogen) atoms. The van der Waals surface area contributed by atoms with E-state index in [4.69, 9.17) is 0 Å². The normalized spacial score (nSPS) is 57.9. The lowest BCUT2D eigenvalue weighted by atomic mass is 9.44. The van der Waals surface area contributed by atoms with Crippen LogP contribution in [-0.4, -0.2) is 28.2 Å². The Morgan fingerprint density at radius 3 is 2.64 bits per heavy atom. The van der Waals surface area contributed by atoms with Gasteiger partial charge in [-0.2, -0.15) is 0 Å². The van der Waals surface area contributed by atoms with Crippen LogP contribution < -0.4 is 0 Å². The first-order valence-corrected chi connectivity index (χ1v) is 9.23. The van der Waals surface area contributed by atoms with E-state index in [0.717, 1.165) is 19.3 Å². The molecule has 0 saturated heterocycles. The molecule has 4 aliphatic rings. The van der Waals surface area contributed by atoms with Crippen molar-refractivity contribution >= 4 is 5.78 Å². The first kappa shape index (κ1) is 15.1. The maximum Gasteiger partial charge on any atom is 0.133 e. The molecule has 0 bridgehead atoms. The van der Waals surface area contributed by atoms with Gasteiger partial charge < -0.3 is 10.2 Å². The smallest absolute Gasteiger partial charge is 0.133 e. The summed E-state index contributed by atoms with van der Waals surface area (Å²) in [4.78, 5) is 11.9. The second kappa shape index (κ2) is 4.80. The summed E-state index contributed by atoms with van der Waals surface area (Å²) in [6, 6.07) is 0. The maximum absolute atomic E-state index is 11.9. The van der Waals surface area contributed by atoms with Crippen LogP contribution in [-0.2, 0) is 4.79 Å². The second-order valence-corrected chi connectivity index (χ2v) is 9.27. The number of Topliss-reactive ketones (excluding diaryl/α,β-unsaturated/α-hetero) is 1. The van der Waals surface area contributed by atoms with Crippen LogP contribution in [0.2, 0.25) is 0 Å². The van der Waals surface area contributed by atoms with Crippen LogP contribution in [0, 0.1) is 34.5 Å². The summed E-state index contributed by atoms with van der Waals surface area (Å²) < 4.78 is 0. The summed E-state index contributed by atoms with van der Waals surface area (Å²) in [7, 11) is 0. The molecule has 8 atom stereocenters. The van der Waals surface area contributed by atoms with Gasteiger partial charge in [-0.3, -0.25) is 4.79 Å². The Bertz CT molecular complexity index is 489. The fourth-order valence-corrected chi connectivity index (χ4v) is 7.23. The van der Waals surface area contributed by atoms with E-state index in [-0.39, 0.29) is 34.9 Å². The van der Waals surface area contributed by atoms with Crippen LogP contribution in [0.4, 0.5) is 0 Å². The van der Waals surface area contributed by atoms with Crippen molar-refractivity contribution in [3.63, 3.8) is 0 Å². The molecule has 3 nitrogen and oxygen atoms in total. The average Bonchev–Trinajstić information content (AvgIpc) is 2.82. The van der Waals surface area contributed by atoms with Gasteiger partial charge in [0.05, 0.1) is 12.2 Å². The Morgan fingerprint density at radius 1 is 1.09 bits per heavy atom. The summed E-state index contributed by atoms with van der Waals surface area (Å²) in [5.74, 6) is 1.75. The Labute approximate surface area is 133 Å². The molecule has 4 fully saturated rings. The van der Waals surface area contributed by atoms with Gasteiger partial charge >= 0.3 is 0 Å². The average molecular weight is 306 g/mol. The summed E-state index contributed by atoms with van der Waals surface area (Å²) in [6.45, 7) is 4.61. The highest BCUT2D eigenvalue weighted by molar-refractivity contribution is 5.79. The molecule has 0 spiro atoms. The fourth-order valence-electron chi connectivity index (χ4n) is 7.23. The minimum atomic E-state index is -0.356. The van der Waals surface area contributed by atoms with E-state index in [0.29, 0.717) is 30.5 Å². The minimum absolute atomic E-state index is 0.0560. The number of aliphatic hydroxyl groups is 2. The van der Waals surface area contributed by atoms with E-state index >= 15 is 0 Å². The molecule has 4 saturated carbocycles. The van der Waals surface area contributed by atoms with Gasteiger partial charge in [0.1, 0.15) is 5.78 Å². The minimum Gasteiger partial charge on any atom is -0.393 e. The number of carbonyl (C=O) groups is 1. The van der Waals surface area contributed by atoms with E-state index in [9.17, 15) is 15.0 Å². The van der Waals surface area contributed by atoms with Crippen molar-refractivity contribution in [1.29, 1.82) is 0 Å². The summed E-state index contributed by atoms with van der Waals surface area (Å²) in [5, 5.41) is 21.8. The van der Waals surface area contributed by atoms with Gasteiger partial charge in [-0.25, -0.2) is 0 Å². The molecular formula is C19H30O3. The van der Waals surface area contributed by atoms with Gasteiger partial charge in [-0.1, -0.05) is 20.3 Å². The first-order valence-electron chi connectivity index (χ1n) is 9.23. The quantitative estimate of drug-likeness (QED) is 0.723. The Morgan fingerprint density at radius 2 is 1.86 bits per heavy atom. The van der Waals surface area contributed by atoms with Crippen molar-refractivity contribution in [2.75, 3.05) is 0 Å². The zero-order valence-electron chi connectivity index (χ0n) is 13.9. The topological polar surface area (TPSA) is 57.5 Å². The molecule has 0 radical (unpaired) electrons. The highest BCUT2D eigenvalue weighted by Crippen LogP contribution is 2.65. The number of carbonyl (C=O) groups excluding carboxylic acids is 1. The Balaban J connectivity index is 1.72. The van der Waals surface area contributed by atoms with Crippen LogP contribution in [0.5, 0.6) is 0 Å². The van der Waals surface area contributed by atoms with Crippen molar-refractivity contribution in [2.24, 2.45) is 34.5 Å². The van der Waals surface area contributed by atoms with Gasteiger partial charge in [0.2, 0.25) is 0 Å². The van der Waals surface area contributed by atoms with Crippen LogP contribution >= 0.6 is 0 Å². The van der Waals surface area contributed by atoms with Crippen LogP contribution in [0.15, 0.2) is 0 Å². The summed E-state index contributed by atoms with van der Waals surface area (Å²) in [6.07, 6.45) is 6.89. The van der Waals surface area contributed by atoms with Crippen LogP contribution in [0.25, 0.3) is 0 Å². The largest absolute Gasteiger partial charge is 0.393 e. The van der Waals surface area contributed by atoms with E-state index in [1.165, 1.54) is 19.3 Å². The lowest BCUT2D eigenvalue weighted by molar-refractivity contribution is -0.195. The molecule has 0 heterocycles. The molecule has 124 valence electrons. The molecule has 4 rings (SSSR count). The number of aliphatic hydroxyl groups excluding tert-OH is 2. The first-order chi connectivity index (χ1) is 10.3. The van der Waals surface area contributed by atoms with Gasteiger partial charge in [-0.05, 0) is 66.6 Å². The molecule has 0 amide bonds. The third-order valence-corrected chi connectivity index (χ3v) is 8.20. The third kappa shape index (κ3) is 1.91. The van der Waals surface area contributed by atoms with Gasteiger partial charge in [-0.15, -0.1) is 0 Å². The predicted octanol–water partition coefficient (Wildman–Crippen LogP) is 2.93. The SMILES string of the molecule is C[C@@]12CCC[C@H]1[C@@H]1C[C@@H](O)[C@H]3CC(=O)CC[C@]3(C)[C@H]1[C@H](O)C2. The maximum atomic E-state index is 11.9. The van der Waals surface area contributed by atoms with Crippen molar-refractivity contribution in [1.82, 2.24) is 0 Å². The fraction of sp³-hybridized carbons (Fsp3) is 0.947. The Hall–Kier alpha value is -0.410. The van der Waals surface area contributed by atoms with Gasteiger partial charge in [0.25, 0.3) is 0 Å². The number of hydrogen-bond acceptors (Lipinski definition) is 3. The van der Waals surface area contributed by atoms with Gasteiger partial charge in [0.15, 0.2) is 0 Å². The molecule has 0 aromatic rings. The highest BCUT2D eigenvalue weighted by Gasteiger charge is 2.62. The molecule has 0 unspecified atom stereocenters. The summed E-state index contributed by atoms with van der Waals surface area (Å²) in [5.41, 5.74) is 0.216. The van der Waals surface area contributed by atoms with Crippen molar-refractivity contribution < 1.29 is 15.0 Å². The molecule has 4 aliphatic carbocycles. The lowest BCUT2D eigenvalue weighted by Gasteiger charge is -2.62. The highest BCUT2D eigenvalue weighted by atomic mass is 16.3. The van der Waals surface area contributed by atoms with Crippen molar-refractivity contribution in [3.05, 3.63) is 0 Å².